The highest BCUT2D eigenvalue weighted by atomic mass is 32.2. The van der Waals surface area contributed by atoms with Gasteiger partial charge in [0.2, 0.25) is 10.0 Å². The highest BCUT2D eigenvalue weighted by Gasteiger charge is 2.30. The van der Waals surface area contributed by atoms with Crippen molar-refractivity contribution in [1.29, 1.82) is 0 Å². The van der Waals surface area contributed by atoms with Crippen molar-refractivity contribution in [2.75, 3.05) is 39.1 Å². The van der Waals surface area contributed by atoms with Crippen molar-refractivity contribution >= 4 is 10.0 Å². The van der Waals surface area contributed by atoms with Crippen molar-refractivity contribution in [2.45, 2.75) is 31.7 Å². The number of hydrogen-bond donors (Lipinski definition) is 1. The maximum atomic E-state index is 12.1. The van der Waals surface area contributed by atoms with Crippen molar-refractivity contribution in [3.05, 3.63) is 0 Å². The number of nitrogens with one attached hydrogen (secondary N) is 1. The molecule has 0 radical (unpaired) electrons. The molecule has 1 saturated heterocycles. The molecular formula is C12H24N2O3S. The summed E-state index contributed by atoms with van der Waals surface area (Å²) in [6, 6.07) is 0.658. The molecule has 5 nitrogen and oxygen atoms in total. The van der Waals surface area contributed by atoms with Gasteiger partial charge in [-0.15, -0.1) is 0 Å². The number of sulfonamides is 1. The number of methoxy groups -OCH3 is 1. The molecule has 2 aliphatic rings. The molecule has 0 spiro atoms. The van der Waals surface area contributed by atoms with Gasteiger partial charge in [0.15, 0.2) is 0 Å². The second-order valence-corrected chi connectivity index (χ2v) is 7.45. The van der Waals surface area contributed by atoms with Gasteiger partial charge in [0.1, 0.15) is 0 Å². The van der Waals surface area contributed by atoms with E-state index in [2.05, 4.69) is 5.32 Å². The second kappa shape index (κ2) is 6.32. The Morgan fingerprint density at radius 2 is 2.11 bits per heavy atom. The highest BCUT2D eigenvalue weighted by molar-refractivity contribution is 7.89. The molecule has 1 aliphatic heterocycles. The van der Waals surface area contributed by atoms with Crippen molar-refractivity contribution in [1.82, 2.24) is 9.62 Å². The molecule has 0 amide bonds. The summed E-state index contributed by atoms with van der Waals surface area (Å²) in [5, 5.41) is 3.35. The summed E-state index contributed by atoms with van der Waals surface area (Å²) in [4.78, 5) is 0. The molecule has 106 valence electrons. The third-order valence-electron chi connectivity index (χ3n) is 3.63. The molecule has 0 aromatic carbocycles. The van der Waals surface area contributed by atoms with Crippen LogP contribution in [-0.4, -0.2) is 57.9 Å². The molecule has 2 rings (SSSR count). The maximum absolute atomic E-state index is 12.1. The second-order valence-electron chi connectivity index (χ2n) is 5.37. The normalized spacial score (nSPS) is 25.7. The van der Waals surface area contributed by atoms with E-state index in [1.807, 2.05) is 0 Å². The Kier molecular flexibility index (Phi) is 5.00. The lowest BCUT2D eigenvalue weighted by molar-refractivity contribution is 0.157. The zero-order chi connectivity index (χ0) is 13.0. The van der Waals surface area contributed by atoms with Gasteiger partial charge in [0.05, 0.1) is 12.4 Å². The Labute approximate surface area is 110 Å². The van der Waals surface area contributed by atoms with E-state index in [-0.39, 0.29) is 5.75 Å². The molecule has 6 heteroatoms. The molecule has 0 bridgehead atoms. The molecule has 1 saturated carbocycles. The van der Waals surface area contributed by atoms with Gasteiger partial charge in [-0.05, 0) is 38.1 Å². The van der Waals surface area contributed by atoms with Crippen LogP contribution >= 0.6 is 0 Å². The molecule has 1 atom stereocenters. The summed E-state index contributed by atoms with van der Waals surface area (Å²) in [5.41, 5.74) is 0. The van der Waals surface area contributed by atoms with Gasteiger partial charge in [-0.3, -0.25) is 0 Å². The van der Waals surface area contributed by atoms with Crippen LogP contribution in [0.25, 0.3) is 0 Å². The third kappa shape index (κ3) is 4.19. The molecule has 1 aliphatic carbocycles. The van der Waals surface area contributed by atoms with Crippen LogP contribution in [0, 0.1) is 5.92 Å². The van der Waals surface area contributed by atoms with E-state index >= 15 is 0 Å². The molecule has 0 aromatic heterocycles. The smallest absolute Gasteiger partial charge is 0.214 e. The average molecular weight is 276 g/mol. The van der Waals surface area contributed by atoms with E-state index < -0.39 is 10.0 Å². The lowest BCUT2D eigenvalue weighted by Gasteiger charge is -2.16. The van der Waals surface area contributed by atoms with E-state index in [9.17, 15) is 8.42 Å². The predicted octanol–water partition coefficient (Wildman–Crippen LogP) is 0.427. The van der Waals surface area contributed by atoms with Gasteiger partial charge in [0.25, 0.3) is 0 Å². The number of nitrogens with zero attached hydrogens (tertiary/aromatic N) is 1. The van der Waals surface area contributed by atoms with Crippen LogP contribution in [0.1, 0.15) is 25.7 Å². The van der Waals surface area contributed by atoms with E-state index in [1.165, 1.54) is 12.8 Å². The van der Waals surface area contributed by atoms with Crippen LogP contribution in [0.4, 0.5) is 0 Å². The lowest BCUT2D eigenvalue weighted by Crippen LogP contribution is -2.32. The summed E-state index contributed by atoms with van der Waals surface area (Å²) in [5.74, 6) is 0.640. The summed E-state index contributed by atoms with van der Waals surface area (Å²) in [7, 11) is -1.38. The van der Waals surface area contributed by atoms with Crippen molar-refractivity contribution in [2.24, 2.45) is 5.92 Å². The summed E-state index contributed by atoms with van der Waals surface area (Å²) >= 11 is 0. The minimum absolute atomic E-state index is 0.270. The first-order valence-corrected chi connectivity index (χ1v) is 8.43. The SMILES string of the molecule is COCC1CCN(S(=O)(=O)CCCNC2CC2)C1. The fourth-order valence-electron chi connectivity index (χ4n) is 2.40. The Balaban J connectivity index is 1.68. The molecule has 1 unspecified atom stereocenters. The molecule has 2 fully saturated rings. The summed E-state index contributed by atoms with van der Waals surface area (Å²) in [6.07, 6.45) is 4.13. The molecular weight excluding hydrogens is 252 g/mol. The van der Waals surface area contributed by atoms with Gasteiger partial charge in [-0.2, -0.15) is 0 Å². The maximum Gasteiger partial charge on any atom is 0.214 e. The Morgan fingerprint density at radius 1 is 1.33 bits per heavy atom. The molecule has 18 heavy (non-hydrogen) atoms. The Hall–Kier alpha value is -0.170. The average Bonchev–Trinajstić information content (AvgIpc) is 3.03. The lowest BCUT2D eigenvalue weighted by atomic mass is 10.1. The van der Waals surface area contributed by atoms with Crippen LogP contribution in [0.3, 0.4) is 0 Å². The van der Waals surface area contributed by atoms with Gasteiger partial charge < -0.3 is 10.1 Å². The van der Waals surface area contributed by atoms with Gasteiger partial charge in [0, 0.05) is 26.2 Å². The zero-order valence-electron chi connectivity index (χ0n) is 11.1. The minimum Gasteiger partial charge on any atom is -0.384 e. The molecule has 1 heterocycles. The topological polar surface area (TPSA) is 58.6 Å². The van der Waals surface area contributed by atoms with E-state index in [4.69, 9.17) is 4.74 Å². The van der Waals surface area contributed by atoms with Gasteiger partial charge >= 0.3 is 0 Å². The molecule has 1 N–H and O–H groups in total. The number of ether oxygens (including phenoxy) is 1. The highest BCUT2D eigenvalue weighted by Crippen LogP contribution is 2.21. The van der Waals surface area contributed by atoms with E-state index in [0.29, 0.717) is 38.1 Å². The zero-order valence-corrected chi connectivity index (χ0v) is 11.9. The first-order chi connectivity index (χ1) is 8.62. The Morgan fingerprint density at radius 3 is 2.78 bits per heavy atom. The Bertz CT molecular complexity index is 354. The third-order valence-corrected chi connectivity index (χ3v) is 5.56. The standard InChI is InChI=1S/C12H24N2O3S/c1-17-10-11-5-7-14(9-11)18(15,16)8-2-6-13-12-3-4-12/h11-13H,2-10H2,1H3. The van der Waals surface area contributed by atoms with Crippen LogP contribution < -0.4 is 5.32 Å². The first kappa shape index (κ1) is 14.2. The minimum atomic E-state index is -3.05. The van der Waals surface area contributed by atoms with Crippen LogP contribution in [0.5, 0.6) is 0 Å². The van der Waals surface area contributed by atoms with Crippen LogP contribution in [0.2, 0.25) is 0 Å². The van der Waals surface area contributed by atoms with Gasteiger partial charge in [-0.25, -0.2) is 12.7 Å². The first-order valence-electron chi connectivity index (χ1n) is 6.82. The summed E-state index contributed by atoms with van der Waals surface area (Å²) < 4.78 is 30.9. The van der Waals surface area contributed by atoms with Gasteiger partial charge in [-0.1, -0.05) is 0 Å². The number of hydrogen-bond acceptors (Lipinski definition) is 4. The van der Waals surface area contributed by atoms with Crippen molar-refractivity contribution in [3.63, 3.8) is 0 Å². The monoisotopic (exact) mass is 276 g/mol. The summed E-state index contributed by atoms with van der Waals surface area (Å²) in [6.45, 7) is 2.77. The van der Waals surface area contributed by atoms with E-state index in [0.717, 1.165) is 13.0 Å². The van der Waals surface area contributed by atoms with Crippen molar-refractivity contribution in [3.8, 4) is 0 Å². The largest absolute Gasteiger partial charge is 0.384 e. The van der Waals surface area contributed by atoms with Crippen LogP contribution in [-0.2, 0) is 14.8 Å². The van der Waals surface area contributed by atoms with Crippen molar-refractivity contribution < 1.29 is 13.2 Å². The van der Waals surface area contributed by atoms with E-state index in [1.54, 1.807) is 11.4 Å². The molecule has 0 aromatic rings. The predicted molar refractivity (Wildman–Crippen MR) is 71.0 cm³/mol. The fraction of sp³-hybridized carbons (Fsp3) is 1.00. The quantitative estimate of drug-likeness (QED) is 0.653. The fourth-order valence-corrected chi connectivity index (χ4v) is 3.99. The van der Waals surface area contributed by atoms with Crippen LogP contribution in [0.15, 0.2) is 0 Å². The number of rotatable bonds is 8.